The van der Waals surface area contributed by atoms with Gasteiger partial charge in [0.05, 0.1) is 23.8 Å². The minimum atomic E-state index is -0.360. The van der Waals surface area contributed by atoms with Crippen LogP contribution in [0.2, 0.25) is 0 Å². The molecule has 3 aromatic rings. The van der Waals surface area contributed by atoms with E-state index in [4.69, 9.17) is 10.00 Å². The molecule has 0 aliphatic carbocycles. The maximum atomic E-state index is 12.5. The molecule has 6 heteroatoms. The molecular weight excluding hydrogens is 390 g/mol. The fourth-order valence-corrected chi connectivity index (χ4v) is 3.37. The Balaban J connectivity index is 1.86. The lowest BCUT2D eigenvalue weighted by atomic mass is 10.0. The lowest BCUT2D eigenvalue weighted by molar-refractivity contribution is 0.0525. The predicted octanol–water partition coefficient (Wildman–Crippen LogP) is 3.88. The fourth-order valence-electron chi connectivity index (χ4n) is 3.37. The standard InChI is InChI=1S/C25H25N3O3/c1-4-31-25(30)23-17-28(15-20-7-5-6-19(12-20)14-26)16-22(23)13-18-8-10-21(11-9-18)24(29)27(2)3/h5-12,16-17H,4,13,15H2,1-3H3. The second-order valence-electron chi connectivity index (χ2n) is 7.48. The van der Waals surface area contributed by atoms with Gasteiger partial charge in [0.25, 0.3) is 5.91 Å². The third kappa shape index (κ3) is 5.40. The van der Waals surface area contributed by atoms with E-state index in [9.17, 15) is 9.59 Å². The van der Waals surface area contributed by atoms with E-state index in [0.717, 1.165) is 16.7 Å². The van der Waals surface area contributed by atoms with Crippen molar-refractivity contribution >= 4 is 11.9 Å². The number of ether oxygens (including phenoxy) is 1. The molecule has 0 fully saturated rings. The quantitative estimate of drug-likeness (QED) is 0.549. The molecule has 0 saturated heterocycles. The first-order valence-corrected chi connectivity index (χ1v) is 10.1. The molecule has 0 radical (unpaired) electrons. The second-order valence-corrected chi connectivity index (χ2v) is 7.48. The van der Waals surface area contributed by atoms with Crippen molar-refractivity contribution in [2.75, 3.05) is 20.7 Å². The summed E-state index contributed by atoms with van der Waals surface area (Å²) in [6, 6.07) is 16.9. The molecule has 158 valence electrons. The first-order chi connectivity index (χ1) is 14.9. The molecule has 1 amide bonds. The number of aromatic nitrogens is 1. The SMILES string of the molecule is CCOC(=O)c1cn(Cc2cccc(C#N)c2)cc1Cc1ccc(C(=O)N(C)C)cc1. The number of benzene rings is 2. The lowest BCUT2D eigenvalue weighted by Gasteiger charge is -2.10. The Kier molecular flexibility index (Phi) is 6.88. The first kappa shape index (κ1) is 21.8. The van der Waals surface area contributed by atoms with Gasteiger partial charge in [-0.1, -0.05) is 24.3 Å². The topological polar surface area (TPSA) is 75.3 Å². The van der Waals surface area contributed by atoms with E-state index in [2.05, 4.69) is 6.07 Å². The van der Waals surface area contributed by atoms with Crippen molar-refractivity contribution in [1.82, 2.24) is 9.47 Å². The van der Waals surface area contributed by atoms with Gasteiger partial charge < -0.3 is 14.2 Å². The molecule has 0 aliphatic heterocycles. The summed E-state index contributed by atoms with van der Waals surface area (Å²) >= 11 is 0. The smallest absolute Gasteiger partial charge is 0.339 e. The number of esters is 1. The number of rotatable bonds is 7. The van der Waals surface area contributed by atoms with E-state index in [-0.39, 0.29) is 11.9 Å². The van der Waals surface area contributed by atoms with E-state index < -0.39 is 0 Å². The van der Waals surface area contributed by atoms with Crippen molar-refractivity contribution in [2.45, 2.75) is 19.9 Å². The van der Waals surface area contributed by atoms with Gasteiger partial charge in [0.1, 0.15) is 0 Å². The molecule has 0 spiro atoms. The van der Waals surface area contributed by atoms with Crippen molar-refractivity contribution in [1.29, 1.82) is 5.26 Å². The summed E-state index contributed by atoms with van der Waals surface area (Å²) in [5, 5.41) is 9.11. The van der Waals surface area contributed by atoms with Crippen molar-refractivity contribution in [2.24, 2.45) is 0 Å². The highest BCUT2D eigenvalue weighted by atomic mass is 16.5. The van der Waals surface area contributed by atoms with Gasteiger partial charge in [0.2, 0.25) is 0 Å². The summed E-state index contributed by atoms with van der Waals surface area (Å²) in [5.41, 5.74) is 4.55. The largest absolute Gasteiger partial charge is 0.462 e. The zero-order valence-electron chi connectivity index (χ0n) is 18.0. The molecule has 0 unspecified atom stereocenters. The van der Waals surface area contributed by atoms with Gasteiger partial charge in [-0.15, -0.1) is 0 Å². The average Bonchev–Trinajstić information content (AvgIpc) is 3.16. The third-order valence-corrected chi connectivity index (χ3v) is 4.88. The number of hydrogen-bond acceptors (Lipinski definition) is 4. The zero-order valence-corrected chi connectivity index (χ0v) is 18.0. The van der Waals surface area contributed by atoms with Crippen LogP contribution in [0.25, 0.3) is 0 Å². The van der Waals surface area contributed by atoms with Crippen molar-refractivity contribution < 1.29 is 14.3 Å². The minimum absolute atomic E-state index is 0.0514. The minimum Gasteiger partial charge on any atom is -0.462 e. The Hall–Kier alpha value is -3.85. The van der Waals surface area contributed by atoms with E-state index in [1.807, 2.05) is 41.1 Å². The average molecular weight is 415 g/mol. The lowest BCUT2D eigenvalue weighted by Crippen LogP contribution is -2.21. The molecule has 31 heavy (non-hydrogen) atoms. The molecule has 0 aliphatic rings. The maximum Gasteiger partial charge on any atom is 0.339 e. The van der Waals surface area contributed by atoms with Gasteiger partial charge in [-0.2, -0.15) is 5.26 Å². The van der Waals surface area contributed by atoms with Gasteiger partial charge >= 0.3 is 5.97 Å². The van der Waals surface area contributed by atoms with Crippen LogP contribution in [-0.2, 0) is 17.7 Å². The number of amides is 1. The summed E-state index contributed by atoms with van der Waals surface area (Å²) in [6.45, 7) is 2.62. The second kappa shape index (κ2) is 9.77. The van der Waals surface area contributed by atoms with Crippen LogP contribution in [0.4, 0.5) is 0 Å². The van der Waals surface area contributed by atoms with Gasteiger partial charge in [-0.05, 0) is 54.3 Å². The maximum absolute atomic E-state index is 12.5. The van der Waals surface area contributed by atoms with Gasteiger partial charge in [0, 0.05) is 38.6 Å². The molecule has 3 rings (SSSR count). The summed E-state index contributed by atoms with van der Waals surface area (Å²) in [5.74, 6) is -0.411. The first-order valence-electron chi connectivity index (χ1n) is 10.1. The summed E-state index contributed by atoms with van der Waals surface area (Å²) in [6.07, 6.45) is 4.26. The fraction of sp³-hybridized carbons (Fsp3) is 0.240. The Labute approximate surface area is 182 Å². The number of hydrogen-bond donors (Lipinski definition) is 0. The van der Waals surface area contributed by atoms with E-state index >= 15 is 0 Å². The molecule has 6 nitrogen and oxygen atoms in total. The highest BCUT2D eigenvalue weighted by molar-refractivity contribution is 5.94. The Bertz CT molecular complexity index is 1120. The number of carbonyl (C=O) groups is 2. The molecule has 0 atom stereocenters. The third-order valence-electron chi connectivity index (χ3n) is 4.88. The van der Waals surface area contributed by atoms with E-state index in [1.54, 1.807) is 45.4 Å². The molecule has 0 saturated carbocycles. The molecule has 1 heterocycles. The van der Waals surface area contributed by atoms with Gasteiger partial charge in [0.15, 0.2) is 0 Å². The summed E-state index contributed by atoms with van der Waals surface area (Å²) in [7, 11) is 3.44. The molecule has 1 aromatic heterocycles. The molecule has 2 aromatic carbocycles. The van der Waals surface area contributed by atoms with Crippen LogP contribution >= 0.6 is 0 Å². The van der Waals surface area contributed by atoms with Crippen LogP contribution in [0, 0.1) is 11.3 Å². The Morgan fingerprint density at radius 1 is 1.06 bits per heavy atom. The molecular formula is C25H25N3O3. The Morgan fingerprint density at radius 3 is 2.45 bits per heavy atom. The van der Waals surface area contributed by atoms with Crippen molar-refractivity contribution in [3.05, 3.63) is 94.3 Å². The van der Waals surface area contributed by atoms with Crippen LogP contribution < -0.4 is 0 Å². The summed E-state index contributed by atoms with van der Waals surface area (Å²) < 4.78 is 7.17. The zero-order chi connectivity index (χ0) is 22.4. The van der Waals surface area contributed by atoms with Crippen LogP contribution in [0.3, 0.4) is 0 Å². The van der Waals surface area contributed by atoms with Crippen LogP contribution in [0.1, 0.15) is 49.9 Å². The van der Waals surface area contributed by atoms with Gasteiger partial charge in [-0.25, -0.2) is 4.79 Å². The van der Waals surface area contributed by atoms with Crippen LogP contribution in [-0.4, -0.2) is 42.0 Å². The predicted molar refractivity (Wildman–Crippen MR) is 118 cm³/mol. The van der Waals surface area contributed by atoms with Crippen molar-refractivity contribution in [3.63, 3.8) is 0 Å². The monoisotopic (exact) mass is 415 g/mol. The van der Waals surface area contributed by atoms with Crippen LogP contribution in [0.15, 0.2) is 60.9 Å². The number of carbonyl (C=O) groups excluding carboxylic acids is 2. The highest BCUT2D eigenvalue weighted by Crippen LogP contribution is 2.19. The molecule has 0 N–H and O–H groups in total. The summed E-state index contributed by atoms with van der Waals surface area (Å²) in [4.78, 5) is 26.1. The van der Waals surface area contributed by atoms with E-state index in [1.165, 1.54) is 4.90 Å². The van der Waals surface area contributed by atoms with E-state index in [0.29, 0.717) is 36.3 Å². The van der Waals surface area contributed by atoms with Crippen molar-refractivity contribution in [3.8, 4) is 6.07 Å². The number of nitriles is 1. The Morgan fingerprint density at radius 2 is 1.81 bits per heavy atom. The highest BCUT2D eigenvalue weighted by Gasteiger charge is 2.17. The molecule has 0 bridgehead atoms. The number of nitrogens with zero attached hydrogens (tertiary/aromatic N) is 3. The van der Waals surface area contributed by atoms with Crippen LogP contribution in [0.5, 0.6) is 0 Å². The normalized spacial score (nSPS) is 10.4. The van der Waals surface area contributed by atoms with Gasteiger partial charge in [-0.3, -0.25) is 4.79 Å².